The molecular formula is C17H17IO3. The summed E-state index contributed by atoms with van der Waals surface area (Å²) in [5.74, 6) is -0.215. The van der Waals surface area contributed by atoms with Crippen LogP contribution in [0.3, 0.4) is 0 Å². The van der Waals surface area contributed by atoms with E-state index in [0.29, 0.717) is 12.0 Å². The Morgan fingerprint density at radius 3 is 2.52 bits per heavy atom. The maximum atomic E-state index is 11.6. The van der Waals surface area contributed by atoms with Crippen LogP contribution in [-0.4, -0.2) is 24.8 Å². The zero-order valence-electron chi connectivity index (χ0n) is 11.8. The number of carbonyl (C=O) groups excluding carboxylic acids is 1. The van der Waals surface area contributed by atoms with Gasteiger partial charge in [0, 0.05) is 16.1 Å². The van der Waals surface area contributed by atoms with E-state index in [9.17, 15) is 9.90 Å². The van der Waals surface area contributed by atoms with Gasteiger partial charge in [0.1, 0.15) is 0 Å². The number of esters is 1. The predicted octanol–water partition coefficient (Wildman–Crippen LogP) is 3.59. The Morgan fingerprint density at radius 2 is 1.95 bits per heavy atom. The molecule has 0 unspecified atom stereocenters. The van der Waals surface area contributed by atoms with Gasteiger partial charge < -0.3 is 9.84 Å². The Morgan fingerprint density at radius 1 is 1.24 bits per heavy atom. The van der Waals surface area contributed by atoms with Crippen LogP contribution in [0.4, 0.5) is 0 Å². The van der Waals surface area contributed by atoms with Crippen molar-refractivity contribution in [1.29, 1.82) is 0 Å². The lowest BCUT2D eigenvalue weighted by Crippen LogP contribution is -2.08. The molecule has 0 saturated carbocycles. The van der Waals surface area contributed by atoms with Crippen molar-refractivity contribution < 1.29 is 14.6 Å². The molecule has 0 aromatic heterocycles. The third-order valence-electron chi connectivity index (χ3n) is 3.42. The van der Waals surface area contributed by atoms with Crippen molar-refractivity contribution >= 4 is 28.6 Å². The van der Waals surface area contributed by atoms with Gasteiger partial charge in [0.15, 0.2) is 0 Å². The summed E-state index contributed by atoms with van der Waals surface area (Å²) in [6.07, 6.45) is 0.650. The molecule has 2 rings (SSSR count). The molecule has 3 nitrogen and oxygen atoms in total. The van der Waals surface area contributed by atoms with Crippen LogP contribution in [0.1, 0.15) is 33.8 Å². The second-order valence-electron chi connectivity index (χ2n) is 4.70. The Labute approximate surface area is 138 Å². The summed E-state index contributed by atoms with van der Waals surface area (Å²) in [7, 11) is 1.38. The first-order valence-corrected chi connectivity index (χ1v) is 7.78. The fraction of sp³-hybridized carbons (Fsp3) is 0.235. The van der Waals surface area contributed by atoms with Gasteiger partial charge in [0.2, 0.25) is 0 Å². The second-order valence-corrected chi connectivity index (χ2v) is 5.87. The van der Waals surface area contributed by atoms with Crippen molar-refractivity contribution in [2.45, 2.75) is 12.3 Å². The van der Waals surface area contributed by atoms with Crippen LogP contribution in [0, 0.1) is 3.57 Å². The molecule has 0 spiro atoms. The summed E-state index contributed by atoms with van der Waals surface area (Å²) in [6.45, 7) is 0.119. The highest BCUT2D eigenvalue weighted by atomic mass is 127. The lowest BCUT2D eigenvalue weighted by molar-refractivity contribution is 0.0600. The number of ether oxygens (including phenoxy) is 1. The highest BCUT2D eigenvalue weighted by Crippen LogP contribution is 2.31. The van der Waals surface area contributed by atoms with Gasteiger partial charge in [-0.1, -0.05) is 36.4 Å². The summed E-state index contributed by atoms with van der Waals surface area (Å²) in [5, 5.41) is 9.35. The molecule has 2 aromatic carbocycles. The minimum atomic E-state index is -0.335. The molecule has 2 aromatic rings. The fourth-order valence-corrected chi connectivity index (χ4v) is 3.26. The quantitative estimate of drug-likeness (QED) is 0.621. The summed E-state index contributed by atoms with van der Waals surface area (Å²) >= 11 is 2.23. The van der Waals surface area contributed by atoms with E-state index in [1.54, 1.807) is 6.07 Å². The number of hydrogen-bond donors (Lipinski definition) is 1. The Bertz CT molecular complexity index is 611. The largest absolute Gasteiger partial charge is 0.465 e. The smallest absolute Gasteiger partial charge is 0.337 e. The molecule has 0 aliphatic rings. The van der Waals surface area contributed by atoms with E-state index in [1.165, 1.54) is 7.11 Å². The number of carbonyl (C=O) groups is 1. The predicted molar refractivity (Wildman–Crippen MR) is 90.5 cm³/mol. The minimum Gasteiger partial charge on any atom is -0.465 e. The SMILES string of the molecule is COC(=O)c1ccc([C@H](CCO)c2ccccc2)c(I)c1. The summed E-state index contributed by atoms with van der Waals surface area (Å²) in [4.78, 5) is 11.6. The van der Waals surface area contributed by atoms with Gasteiger partial charge in [0.05, 0.1) is 12.7 Å². The zero-order chi connectivity index (χ0) is 15.2. The van der Waals surface area contributed by atoms with E-state index in [1.807, 2.05) is 30.3 Å². The number of hydrogen-bond acceptors (Lipinski definition) is 3. The number of aliphatic hydroxyl groups is 1. The monoisotopic (exact) mass is 396 g/mol. The van der Waals surface area contributed by atoms with E-state index < -0.39 is 0 Å². The standard InChI is InChI=1S/C17H17IO3/c1-21-17(20)13-7-8-15(16(18)11-13)14(9-10-19)12-5-3-2-4-6-12/h2-8,11,14,19H,9-10H2,1H3/t14-/m1/s1. The first-order valence-electron chi connectivity index (χ1n) is 6.71. The third-order valence-corrected chi connectivity index (χ3v) is 4.35. The van der Waals surface area contributed by atoms with Crippen LogP contribution in [0.5, 0.6) is 0 Å². The molecule has 0 saturated heterocycles. The number of aliphatic hydroxyl groups excluding tert-OH is 1. The molecule has 0 bridgehead atoms. The molecule has 0 fully saturated rings. The lowest BCUT2D eigenvalue weighted by Gasteiger charge is -2.19. The van der Waals surface area contributed by atoms with E-state index in [-0.39, 0.29) is 18.5 Å². The van der Waals surface area contributed by atoms with Gasteiger partial charge >= 0.3 is 5.97 Å². The zero-order valence-corrected chi connectivity index (χ0v) is 13.9. The van der Waals surface area contributed by atoms with E-state index >= 15 is 0 Å². The highest BCUT2D eigenvalue weighted by molar-refractivity contribution is 14.1. The van der Waals surface area contributed by atoms with Crippen LogP contribution in [-0.2, 0) is 4.74 Å². The van der Waals surface area contributed by atoms with Crippen molar-refractivity contribution in [1.82, 2.24) is 0 Å². The lowest BCUT2D eigenvalue weighted by atomic mass is 9.88. The van der Waals surface area contributed by atoms with Gasteiger partial charge in [0.25, 0.3) is 0 Å². The molecule has 1 atom stereocenters. The van der Waals surface area contributed by atoms with Gasteiger partial charge in [-0.25, -0.2) is 4.79 Å². The topological polar surface area (TPSA) is 46.5 Å². The molecular weight excluding hydrogens is 379 g/mol. The second kappa shape index (κ2) is 7.56. The Kier molecular flexibility index (Phi) is 5.76. The van der Waals surface area contributed by atoms with E-state index in [0.717, 1.165) is 14.7 Å². The maximum absolute atomic E-state index is 11.6. The number of rotatable bonds is 5. The fourth-order valence-electron chi connectivity index (χ4n) is 2.37. The first kappa shape index (κ1) is 16.0. The molecule has 4 heteroatoms. The normalized spacial score (nSPS) is 12.0. The van der Waals surface area contributed by atoms with Crippen LogP contribution in [0.2, 0.25) is 0 Å². The van der Waals surface area contributed by atoms with Crippen molar-refractivity contribution in [3.05, 3.63) is 68.8 Å². The molecule has 0 aliphatic carbocycles. The van der Waals surface area contributed by atoms with E-state index in [4.69, 9.17) is 4.74 Å². The van der Waals surface area contributed by atoms with Crippen molar-refractivity contribution in [3.8, 4) is 0 Å². The maximum Gasteiger partial charge on any atom is 0.337 e. The van der Waals surface area contributed by atoms with Gasteiger partial charge in [-0.2, -0.15) is 0 Å². The number of benzene rings is 2. The summed E-state index contributed by atoms with van der Waals surface area (Å²) in [5.41, 5.74) is 2.82. The summed E-state index contributed by atoms with van der Waals surface area (Å²) in [6, 6.07) is 15.6. The van der Waals surface area contributed by atoms with Gasteiger partial charge in [-0.15, -0.1) is 0 Å². The number of methoxy groups -OCH3 is 1. The average molecular weight is 396 g/mol. The summed E-state index contributed by atoms with van der Waals surface area (Å²) < 4.78 is 5.74. The van der Waals surface area contributed by atoms with Crippen molar-refractivity contribution in [2.75, 3.05) is 13.7 Å². The molecule has 1 N–H and O–H groups in total. The third kappa shape index (κ3) is 3.83. The van der Waals surface area contributed by atoms with Crippen LogP contribution >= 0.6 is 22.6 Å². The molecule has 0 radical (unpaired) electrons. The number of halogens is 1. The first-order chi connectivity index (χ1) is 10.2. The molecule has 110 valence electrons. The van der Waals surface area contributed by atoms with Crippen LogP contribution in [0.15, 0.2) is 48.5 Å². The van der Waals surface area contributed by atoms with Gasteiger partial charge in [-0.3, -0.25) is 0 Å². The van der Waals surface area contributed by atoms with Crippen molar-refractivity contribution in [3.63, 3.8) is 0 Å². The average Bonchev–Trinajstić information content (AvgIpc) is 2.53. The minimum absolute atomic E-state index is 0.119. The Hall–Kier alpha value is -1.40. The Balaban J connectivity index is 2.39. The van der Waals surface area contributed by atoms with Crippen LogP contribution in [0.25, 0.3) is 0 Å². The molecule has 21 heavy (non-hydrogen) atoms. The molecule has 0 heterocycles. The molecule has 0 aliphatic heterocycles. The van der Waals surface area contributed by atoms with Crippen molar-refractivity contribution in [2.24, 2.45) is 0 Å². The highest BCUT2D eigenvalue weighted by Gasteiger charge is 2.18. The van der Waals surface area contributed by atoms with Crippen LogP contribution < -0.4 is 0 Å². The van der Waals surface area contributed by atoms with Gasteiger partial charge in [-0.05, 0) is 52.3 Å². The van der Waals surface area contributed by atoms with E-state index in [2.05, 4.69) is 34.7 Å². The molecule has 0 amide bonds.